The van der Waals surface area contributed by atoms with Gasteiger partial charge in [-0.25, -0.2) is 9.78 Å². The number of methoxy groups -OCH3 is 1. The molecule has 0 fully saturated rings. The summed E-state index contributed by atoms with van der Waals surface area (Å²) >= 11 is 0. The van der Waals surface area contributed by atoms with Gasteiger partial charge in [0.2, 0.25) is 0 Å². The first-order valence-electron chi connectivity index (χ1n) is 8.67. The maximum absolute atomic E-state index is 13.5. The molecule has 1 aromatic carbocycles. The number of esters is 1. The molecule has 3 aromatic heterocycles. The molecule has 5 nitrogen and oxygen atoms in total. The molecule has 4 rings (SSSR count). The highest BCUT2D eigenvalue weighted by atomic mass is 19.4. The van der Waals surface area contributed by atoms with Crippen LogP contribution in [0.25, 0.3) is 17.1 Å². The fourth-order valence-electron chi connectivity index (χ4n) is 3.24. The lowest BCUT2D eigenvalue weighted by atomic mass is 10.0. The molecule has 0 atom stereocenters. The van der Waals surface area contributed by atoms with Gasteiger partial charge in [-0.3, -0.25) is 0 Å². The number of pyridine rings is 1. The minimum absolute atomic E-state index is 0.0580. The third-order valence-corrected chi connectivity index (χ3v) is 4.57. The first-order chi connectivity index (χ1) is 13.9. The number of hydrogen-bond donors (Lipinski definition) is 0. The third-order valence-electron chi connectivity index (χ3n) is 4.57. The topological polar surface area (TPSA) is 56.7 Å². The molecule has 0 aliphatic rings. The van der Waals surface area contributed by atoms with Crippen molar-refractivity contribution in [3.05, 3.63) is 83.4 Å². The molecule has 4 aromatic rings. The lowest BCUT2D eigenvalue weighted by Crippen LogP contribution is -2.10. The van der Waals surface area contributed by atoms with Crippen molar-refractivity contribution in [2.75, 3.05) is 7.11 Å². The Morgan fingerprint density at radius 3 is 2.62 bits per heavy atom. The van der Waals surface area contributed by atoms with E-state index >= 15 is 0 Å². The minimum atomic E-state index is -4.49. The van der Waals surface area contributed by atoms with Crippen LogP contribution in [0.15, 0.2) is 65.4 Å². The highest BCUT2D eigenvalue weighted by molar-refractivity contribution is 5.89. The van der Waals surface area contributed by atoms with E-state index < -0.39 is 17.7 Å². The number of aromatic nitrogens is 2. The number of hydrogen-bond acceptors (Lipinski definition) is 4. The summed E-state index contributed by atoms with van der Waals surface area (Å²) in [6.45, 7) is 0. The Bertz CT molecular complexity index is 1180. The van der Waals surface area contributed by atoms with E-state index in [0.717, 1.165) is 6.07 Å². The van der Waals surface area contributed by atoms with Crippen LogP contribution in [-0.2, 0) is 17.3 Å². The number of carbonyl (C=O) groups is 1. The summed E-state index contributed by atoms with van der Waals surface area (Å²) in [5, 5.41) is 0. The van der Waals surface area contributed by atoms with Crippen LogP contribution >= 0.6 is 0 Å². The van der Waals surface area contributed by atoms with E-state index in [0.29, 0.717) is 22.8 Å². The zero-order valence-electron chi connectivity index (χ0n) is 15.2. The Labute approximate surface area is 163 Å². The van der Waals surface area contributed by atoms with Crippen LogP contribution in [0.4, 0.5) is 13.2 Å². The smallest absolute Gasteiger partial charge is 0.416 e. The van der Waals surface area contributed by atoms with E-state index in [2.05, 4.69) is 4.98 Å². The van der Waals surface area contributed by atoms with Crippen molar-refractivity contribution >= 4 is 11.6 Å². The number of nitrogens with zero attached hydrogens (tertiary/aromatic N) is 2. The normalized spacial score (nSPS) is 11.7. The Balaban J connectivity index is 1.92. The van der Waals surface area contributed by atoms with Gasteiger partial charge in [-0.1, -0.05) is 18.2 Å². The van der Waals surface area contributed by atoms with Crippen molar-refractivity contribution in [2.24, 2.45) is 0 Å². The number of benzene rings is 1. The number of carbonyl (C=O) groups excluding carboxylic acids is 1. The summed E-state index contributed by atoms with van der Waals surface area (Å²) in [6, 6.07) is 11.9. The van der Waals surface area contributed by atoms with Crippen LogP contribution in [0, 0.1) is 0 Å². The first kappa shape index (κ1) is 18.8. The van der Waals surface area contributed by atoms with Crippen molar-refractivity contribution in [2.45, 2.75) is 12.6 Å². The predicted molar refractivity (Wildman–Crippen MR) is 98.5 cm³/mol. The number of ether oxygens (including phenoxy) is 1. The Morgan fingerprint density at radius 2 is 1.93 bits per heavy atom. The number of alkyl halides is 3. The zero-order valence-corrected chi connectivity index (χ0v) is 15.2. The van der Waals surface area contributed by atoms with Gasteiger partial charge >= 0.3 is 12.1 Å². The van der Waals surface area contributed by atoms with Crippen molar-refractivity contribution in [1.82, 2.24) is 9.38 Å². The van der Waals surface area contributed by atoms with E-state index in [-0.39, 0.29) is 17.5 Å². The zero-order chi connectivity index (χ0) is 20.6. The van der Waals surface area contributed by atoms with Gasteiger partial charge in [0.15, 0.2) is 5.76 Å². The molecule has 3 heterocycles. The van der Waals surface area contributed by atoms with Crippen molar-refractivity contribution in [3.8, 4) is 11.5 Å². The van der Waals surface area contributed by atoms with Gasteiger partial charge in [-0.15, -0.1) is 0 Å². The van der Waals surface area contributed by atoms with E-state index in [4.69, 9.17) is 9.15 Å². The molecule has 0 bridgehead atoms. The van der Waals surface area contributed by atoms with Gasteiger partial charge < -0.3 is 13.6 Å². The summed E-state index contributed by atoms with van der Waals surface area (Å²) in [5.41, 5.74) is 0.992. The number of rotatable bonds is 4. The summed E-state index contributed by atoms with van der Waals surface area (Å²) in [4.78, 5) is 16.4. The van der Waals surface area contributed by atoms with Crippen LogP contribution < -0.4 is 0 Å². The summed E-state index contributed by atoms with van der Waals surface area (Å²) in [7, 11) is 1.26. The molecule has 8 heteroatoms. The molecule has 29 heavy (non-hydrogen) atoms. The van der Waals surface area contributed by atoms with Crippen molar-refractivity contribution in [3.63, 3.8) is 0 Å². The van der Waals surface area contributed by atoms with Gasteiger partial charge in [0.25, 0.3) is 0 Å². The molecule has 0 N–H and O–H groups in total. The standard InChI is InChI=1S/C21H15F3N2O3/c1-28-20(27)14-8-9-18-25-19(17-7-4-10-29-17)16(26(18)12-14)11-13-5-2-3-6-15(13)21(22,23)24/h2-10,12H,11H2,1H3. The maximum atomic E-state index is 13.5. The summed E-state index contributed by atoms with van der Waals surface area (Å²) < 4.78 is 52.2. The lowest BCUT2D eigenvalue weighted by molar-refractivity contribution is -0.138. The monoisotopic (exact) mass is 400 g/mol. The van der Waals surface area contributed by atoms with Crippen LogP contribution in [0.5, 0.6) is 0 Å². The minimum Gasteiger partial charge on any atom is -0.465 e. The van der Waals surface area contributed by atoms with Gasteiger partial charge in [0.1, 0.15) is 11.3 Å². The second-order valence-electron chi connectivity index (χ2n) is 6.35. The van der Waals surface area contributed by atoms with Crippen molar-refractivity contribution in [1.29, 1.82) is 0 Å². The molecular weight excluding hydrogens is 385 g/mol. The highest BCUT2D eigenvalue weighted by Crippen LogP contribution is 2.34. The largest absolute Gasteiger partial charge is 0.465 e. The lowest BCUT2D eigenvalue weighted by Gasteiger charge is -2.13. The summed E-state index contributed by atoms with van der Waals surface area (Å²) in [5.74, 6) is -0.130. The molecule has 0 radical (unpaired) electrons. The van der Waals surface area contributed by atoms with E-state index in [1.165, 1.54) is 31.7 Å². The van der Waals surface area contributed by atoms with Gasteiger partial charge in [-0.05, 0) is 35.9 Å². The van der Waals surface area contributed by atoms with Gasteiger partial charge in [-0.2, -0.15) is 13.2 Å². The molecule has 0 spiro atoms. The van der Waals surface area contributed by atoms with Crippen LogP contribution in [-0.4, -0.2) is 22.5 Å². The summed E-state index contributed by atoms with van der Waals surface area (Å²) in [6.07, 6.45) is -1.57. The number of furan rings is 1. The molecular formula is C21H15F3N2O3. The highest BCUT2D eigenvalue weighted by Gasteiger charge is 2.33. The Morgan fingerprint density at radius 1 is 1.14 bits per heavy atom. The van der Waals surface area contributed by atoms with E-state index in [9.17, 15) is 18.0 Å². The molecule has 0 saturated carbocycles. The molecule has 0 aliphatic carbocycles. The fourth-order valence-corrected chi connectivity index (χ4v) is 3.24. The average molecular weight is 400 g/mol. The van der Waals surface area contributed by atoms with E-state index in [1.54, 1.807) is 34.7 Å². The second-order valence-corrected chi connectivity index (χ2v) is 6.35. The third kappa shape index (κ3) is 3.49. The first-order valence-corrected chi connectivity index (χ1v) is 8.67. The van der Waals surface area contributed by atoms with Crippen molar-refractivity contribution < 1.29 is 27.1 Å². The predicted octanol–water partition coefficient (Wildman–Crippen LogP) is 4.99. The number of imidazole rings is 1. The molecule has 0 aliphatic heterocycles. The molecule has 0 amide bonds. The molecule has 0 unspecified atom stereocenters. The van der Waals surface area contributed by atoms with E-state index in [1.807, 2.05) is 0 Å². The SMILES string of the molecule is COC(=O)c1ccc2nc(-c3ccco3)c(Cc3ccccc3C(F)(F)F)n2c1. The number of halogens is 3. The average Bonchev–Trinajstić information content (AvgIpc) is 3.35. The number of fused-ring (bicyclic) bond motifs is 1. The fraction of sp³-hybridized carbons (Fsp3) is 0.143. The second kappa shape index (κ2) is 7.12. The molecule has 0 saturated heterocycles. The molecule has 148 valence electrons. The van der Waals surface area contributed by atoms with Gasteiger partial charge in [0, 0.05) is 12.6 Å². The maximum Gasteiger partial charge on any atom is 0.416 e. The Kier molecular flexibility index (Phi) is 4.62. The quantitative estimate of drug-likeness (QED) is 0.453. The Hall–Kier alpha value is -3.55. The van der Waals surface area contributed by atoms with Crippen LogP contribution in [0.3, 0.4) is 0 Å². The van der Waals surface area contributed by atoms with Gasteiger partial charge in [0.05, 0.1) is 30.2 Å². The van der Waals surface area contributed by atoms with Crippen LogP contribution in [0.1, 0.15) is 27.2 Å². The van der Waals surface area contributed by atoms with Crippen LogP contribution in [0.2, 0.25) is 0 Å².